The van der Waals surface area contributed by atoms with Gasteiger partial charge in [0.05, 0.1) is 6.20 Å². The van der Waals surface area contributed by atoms with Crippen molar-refractivity contribution in [2.45, 2.75) is 20.5 Å². The number of hydrogen-bond acceptors (Lipinski definition) is 5. The van der Waals surface area contributed by atoms with E-state index in [1.54, 1.807) is 20.0 Å². The summed E-state index contributed by atoms with van der Waals surface area (Å²) < 4.78 is 15.5. The van der Waals surface area contributed by atoms with Gasteiger partial charge in [0.25, 0.3) is 0 Å². The van der Waals surface area contributed by atoms with E-state index in [1.165, 1.54) is 12.3 Å². The summed E-state index contributed by atoms with van der Waals surface area (Å²) in [7, 11) is 0. The highest BCUT2D eigenvalue weighted by Crippen LogP contribution is 2.08. The van der Waals surface area contributed by atoms with Gasteiger partial charge in [0, 0.05) is 6.07 Å². The number of rotatable bonds is 3. The van der Waals surface area contributed by atoms with E-state index >= 15 is 0 Å². The molecule has 0 aliphatic carbocycles. The molecule has 0 radical (unpaired) electrons. The first kappa shape index (κ1) is 10.5. The van der Waals surface area contributed by atoms with E-state index in [0.717, 1.165) is 0 Å². The van der Waals surface area contributed by atoms with Crippen LogP contribution in [0, 0.1) is 13.8 Å². The van der Waals surface area contributed by atoms with E-state index in [2.05, 4.69) is 4.98 Å². The third kappa shape index (κ3) is 2.31. The molecule has 0 bridgehead atoms. The van der Waals surface area contributed by atoms with E-state index in [4.69, 9.17) is 13.6 Å². The monoisotopic (exact) mass is 221 g/mol. The van der Waals surface area contributed by atoms with Gasteiger partial charge in [-0.25, -0.2) is 4.98 Å². The standard InChI is InChI=1S/C11H11NO4/c1-7-3-9(13)10(5-14-7)15-6-11-12-4-8(2)16-11/h3-5H,6H2,1-2H3. The van der Waals surface area contributed by atoms with Crippen LogP contribution in [0.2, 0.25) is 0 Å². The van der Waals surface area contributed by atoms with Gasteiger partial charge in [-0.15, -0.1) is 0 Å². The summed E-state index contributed by atoms with van der Waals surface area (Å²) >= 11 is 0. The highest BCUT2D eigenvalue weighted by Gasteiger charge is 2.05. The first-order valence-corrected chi connectivity index (χ1v) is 4.79. The predicted molar refractivity (Wildman–Crippen MR) is 55.3 cm³/mol. The van der Waals surface area contributed by atoms with Gasteiger partial charge in [-0.2, -0.15) is 0 Å². The molecule has 0 saturated carbocycles. The zero-order valence-corrected chi connectivity index (χ0v) is 9.02. The maximum atomic E-state index is 11.4. The van der Waals surface area contributed by atoms with E-state index in [-0.39, 0.29) is 17.8 Å². The smallest absolute Gasteiger partial charge is 0.232 e. The second-order valence-electron chi connectivity index (χ2n) is 3.37. The second kappa shape index (κ2) is 4.22. The number of aryl methyl sites for hydroxylation is 2. The van der Waals surface area contributed by atoms with Crippen LogP contribution in [0.1, 0.15) is 17.4 Å². The Morgan fingerprint density at radius 1 is 1.38 bits per heavy atom. The van der Waals surface area contributed by atoms with Crippen LogP contribution < -0.4 is 10.2 Å². The molecule has 16 heavy (non-hydrogen) atoms. The fourth-order valence-electron chi connectivity index (χ4n) is 1.21. The maximum Gasteiger partial charge on any atom is 0.232 e. The summed E-state index contributed by atoms with van der Waals surface area (Å²) in [6.45, 7) is 3.60. The van der Waals surface area contributed by atoms with Gasteiger partial charge >= 0.3 is 0 Å². The van der Waals surface area contributed by atoms with Crippen molar-refractivity contribution >= 4 is 0 Å². The van der Waals surface area contributed by atoms with Gasteiger partial charge in [-0.1, -0.05) is 0 Å². The normalized spacial score (nSPS) is 10.4. The average Bonchev–Trinajstić information content (AvgIpc) is 2.63. The maximum absolute atomic E-state index is 11.4. The molecule has 2 rings (SSSR count). The SMILES string of the molecule is Cc1cc(=O)c(OCc2ncc(C)o2)co1. The first-order chi connectivity index (χ1) is 7.65. The molecule has 0 aliphatic heterocycles. The number of oxazole rings is 1. The Labute approximate surface area is 91.7 Å². The summed E-state index contributed by atoms with van der Waals surface area (Å²) in [5.41, 5.74) is -0.216. The number of hydrogen-bond donors (Lipinski definition) is 0. The molecule has 5 heteroatoms. The van der Waals surface area contributed by atoms with Crippen molar-refractivity contribution in [2.75, 3.05) is 0 Å². The molecule has 0 aliphatic rings. The van der Waals surface area contributed by atoms with E-state index in [0.29, 0.717) is 17.4 Å². The molecule has 0 amide bonds. The number of nitrogens with zero attached hydrogens (tertiary/aromatic N) is 1. The fraction of sp³-hybridized carbons (Fsp3) is 0.273. The molecule has 0 unspecified atom stereocenters. The second-order valence-corrected chi connectivity index (χ2v) is 3.37. The molecule has 0 fully saturated rings. The van der Waals surface area contributed by atoms with Crippen molar-refractivity contribution in [2.24, 2.45) is 0 Å². The van der Waals surface area contributed by atoms with Crippen molar-refractivity contribution in [3.8, 4) is 5.75 Å². The largest absolute Gasteiger partial charge is 0.477 e. The fourth-order valence-corrected chi connectivity index (χ4v) is 1.21. The van der Waals surface area contributed by atoms with E-state index < -0.39 is 0 Å². The van der Waals surface area contributed by atoms with Crippen LogP contribution in [0.5, 0.6) is 5.75 Å². The van der Waals surface area contributed by atoms with Crippen LogP contribution in [0.25, 0.3) is 0 Å². The first-order valence-electron chi connectivity index (χ1n) is 4.79. The van der Waals surface area contributed by atoms with Gasteiger partial charge in [0.15, 0.2) is 6.61 Å². The highest BCUT2D eigenvalue weighted by molar-refractivity contribution is 5.17. The molecule has 84 valence electrons. The minimum absolute atomic E-state index is 0.113. The summed E-state index contributed by atoms with van der Waals surface area (Å²) in [4.78, 5) is 15.4. The zero-order chi connectivity index (χ0) is 11.5. The Morgan fingerprint density at radius 3 is 2.81 bits per heavy atom. The highest BCUT2D eigenvalue weighted by atomic mass is 16.5. The van der Waals surface area contributed by atoms with Crippen LogP contribution in [0.3, 0.4) is 0 Å². The van der Waals surface area contributed by atoms with Crippen LogP contribution in [0.15, 0.2) is 32.2 Å². The van der Waals surface area contributed by atoms with Crippen molar-refractivity contribution in [3.63, 3.8) is 0 Å². The molecule has 2 aromatic heterocycles. The summed E-state index contributed by atoms with van der Waals surface area (Å²) in [5.74, 6) is 1.83. The Hall–Kier alpha value is -2.04. The lowest BCUT2D eigenvalue weighted by atomic mass is 10.4. The molecular weight excluding hydrogens is 210 g/mol. The lowest BCUT2D eigenvalue weighted by molar-refractivity contribution is 0.250. The minimum atomic E-state index is -0.216. The van der Waals surface area contributed by atoms with Crippen molar-refractivity contribution in [1.82, 2.24) is 4.98 Å². The van der Waals surface area contributed by atoms with Gasteiger partial charge in [0.2, 0.25) is 17.1 Å². The van der Waals surface area contributed by atoms with Crippen molar-refractivity contribution < 1.29 is 13.6 Å². The zero-order valence-electron chi connectivity index (χ0n) is 9.02. The molecule has 2 aromatic rings. The molecule has 0 saturated heterocycles. The summed E-state index contributed by atoms with van der Waals surface area (Å²) in [6, 6.07) is 1.37. The van der Waals surface area contributed by atoms with Crippen LogP contribution in [-0.2, 0) is 6.61 Å². The predicted octanol–water partition coefficient (Wildman–Crippen LogP) is 1.82. The Kier molecular flexibility index (Phi) is 2.76. The third-order valence-corrected chi connectivity index (χ3v) is 1.95. The summed E-state index contributed by atoms with van der Waals surface area (Å²) in [6.07, 6.45) is 2.88. The molecule has 0 N–H and O–H groups in total. The van der Waals surface area contributed by atoms with Gasteiger partial charge < -0.3 is 13.6 Å². The number of ether oxygens (including phenoxy) is 1. The number of aromatic nitrogens is 1. The van der Waals surface area contributed by atoms with E-state index in [9.17, 15) is 4.79 Å². The average molecular weight is 221 g/mol. The van der Waals surface area contributed by atoms with Gasteiger partial charge in [-0.3, -0.25) is 4.79 Å². The van der Waals surface area contributed by atoms with Crippen LogP contribution >= 0.6 is 0 Å². The Balaban J connectivity index is 2.07. The van der Waals surface area contributed by atoms with Crippen LogP contribution in [0.4, 0.5) is 0 Å². The lowest BCUT2D eigenvalue weighted by Crippen LogP contribution is -2.07. The molecule has 0 spiro atoms. The van der Waals surface area contributed by atoms with Crippen LogP contribution in [-0.4, -0.2) is 4.98 Å². The van der Waals surface area contributed by atoms with Gasteiger partial charge in [-0.05, 0) is 13.8 Å². The summed E-state index contributed by atoms with van der Waals surface area (Å²) in [5, 5.41) is 0. The van der Waals surface area contributed by atoms with E-state index in [1.807, 2.05) is 0 Å². The third-order valence-electron chi connectivity index (χ3n) is 1.95. The van der Waals surface area contributed by atoms with Crippen molar-refractivity contribution in [3.05, 3.63) is 46.2 Å². The Morgan fingerprint density at radius 2 is 2.19 bits per heavy atom. The topological polar surface area (TPSA) is 65.5 Å². The molecule has 2 heterocycles. The molecule has 0 atom stereocenters. The van der Waals surface area contributed by atoms with Crippen molar-refractivity contribution in [1.29, 1.82) is 0 Å². The Bertz CT molecular complexity index is 541. The minimum Gasteiger partial charge on any atom is -0.477 e. The molecular formula is C11H11NO4. The quantitative estimate of drug-likeness (QED) is 0.790. The lowest BCUT2D eigenvalue weighted by Gasteiger charge is -2.01. The molecule has 0 aromatic carbocycles. The van der Waals surface area contributed by atoms with Gasteiger partial charge in [0.1, 0.15) is 17.8 Å². The molecule has 5 nitrogen and oxygen atoms in total.